The number of benzene rings is 1. The smallest absolute Gasteiger partial charge is 0.249 e. The summed E-state index contributed by atoms with van der Waals surface area (Å²) in [5, 5.41) is 6.68. The van der Waals surface area contributed by atoms with E-state index < -0.39 is 6.04 Å². The molecule has 0 radical (unpaired) electrons. The molecule has 1 aromatic carbocycles. The lowest BCUT2D eigenvalue weighted by Gasteiger charge is -2.12. The molecular formula is C11H13N5O. The maximum Gasteiger partial charge on any atom is 0.249 e. The van der Waals surface area contributed by atoms with E-state index in [4.69, 9.17) is 5.73 Å². The van der Waals surface area contributed by atoms with Gasteiger partial charge in [0, 0.05) is 11.4 Å². The summed E-state index contributed by atoms with van der Waals surface area (Å²) in [6, 6.07) is 6.61. The van der Waals surface area contributed by atoms with Gasteiger partial charge in [0.15, 0.2) is 0 Å². The van der Waals surface area contributed by atoms with Crippen LogP contribution in [0.5, 0.6) is 0 Å². The van der Waals surface area contributed by atoms with Crippen molar-refractivity contribution in [1.29, 1.82) is 0 Å². The van der Waals surface area contributed by atoms with E-state index in [-0.39, 0.29) is 5.91 Å². The molecule has 1 atom stereocenters. The number of anilines is 2. The van der Waals surface area contributed by atoms with Crippen LogP contribution in [0.1, 0.15) is 13.0 Å². The zero-order chi connectivity index (χ0) is 12.3. The van der Waals surface area contributed by atoms with Gasteiger partial charge < -0.3 is 11.1 Å². The van der Waals surface area contributed by atoms with Crippen molar-refractivity contribution in [2.24, 2.45) is 0 Å². The number of nitrogens with one attached hydrogen (secondary N) is 1. The second-order valence-corrected chi connectivity index (χ2v) is 3.67. The molecule has 6 nitrogen and oxygen atoms in total. The predicted molar refractivity (Wildman–Crippen MR) is 64.2 cm³/mol. The SMILES string of the molecule is CC(C(=O)Nc1cccc(N)c1)n1cncn1. The van der Waals surface area contributed by atoms with Gasteiger partial charge >= 0.3 is 0 Å². The molecule has 0 spiro atoms. The number of nitrogen functional groups attached to an aromatic ring is 1. The molecule has 1 heterocycles. The largest absolute Gasteiger partial charge is 0.399 e. The highest BCUT2D eigenvalue weighted by Crippen LogP contribution is 2.14. The number of amides is 1. The molecule has 1 aromatic heterocycles. The van der Waals surface area contributed by atoms with Crippen LogP contribution in [-0.4, -0.2) is 20.7 Å². The number of aromatic nitrogens is 3. The van der Waals surface area contributed by atoms with E-state index >= 15 is 0 Å². The molecule has 1 amide bonds. The first-order chi connectivity index (χ1) is 8.16. The van der Waals surface area contributed by atoms with Gasteiger partial charge in [-0.2, -0.15) is 5.10 Å². The van der Waals surface area contributed by atoms with E-state index in [1.807, 2.05) is 0 Å². The average Bonchev–Trinajstić information content (AvgIpc) is 2.81. The van der Waals surface area contributed by atoms with Crippen LogP contribution >= 0.6 is 0 Å². The van der Waals surface area contributed by atoms with Crippen molar-refractivity contribution >= 4 is 17.3 Å². The summed E-state index contributed by atoms with van der Waals surface area (Å²) in [6.07, 6.45) is 2.90. The van der Waals surface area contributed by atoms with Crippen LogP contribution in [0, 0.1) is 0 Å². The standard InChI is InChI=1S/C11H13N5O/c1-8(16-7-13-6-14-16)11(17)15-10-4-2-3-9(12)5-10/h2-8H,12H2,1H3,(H,15,17). The summed E-state index contributed by atoms with van der Waals surface area (Å²) in [7, 11) is 0. The van der Waals surface area contributed by atoms with Crippen molar-refractivity contribution in [3.63, 3.8) is 0 Å². The first kappa shape index (κ1) is 11.1. The highest BCUT2D eigenvalue weighted by molar-refractivity contribution is 5.93. The van der Waals surface area contributed by atoms with E-state index in [1.54, 1.807) is 31.2 Å². The number of nitrogens with zero attached hydrogens (tertiary/aromatic N) is 3. The lowest BCUT2D eigenvalue weighted by atomic mass is 10.2. The maximum absolute atomic E-state index is 11.9. The van der Waals surface area contributed by atoms with Gasteiger partial charge in [-0.1, -0.05) is 6.07 Å². The molecule has 0 saturated carbocycles. The number of carbonyl (C=O) groups is 1. The van der Waals surface area contributed by atoms with E-state index in [9.17, 15) is 4.79 Å². The molecule has 17 heavy (non-hydrogen) atoms. The molecule has 2 rings (SSSR count). The van der Waals surface area contributed by atoms with Crippen LogP contribution in [0.15, 0.2) is 36.9 Å². The molecule has 0 aliphatic rings. The molecule has 0 saturated heterocycles. The van der Waals surface area contributed by atoms with E-state index in [1.165, 1.54) is 17.3 Å². The molecule has 1 unspecified atom stereocenters. The van der Waals surface area contributed by atoms with Crippen LogP contribution in [0.3, 0.4) is 0 Å². The first-order valence-electron chi connectivity index (χ1n) is 5.17. The molecular weight excluding hydrogens is 218 g/mol. The lowest BCUT2D eigenvalue weighted by molar-refractivity contribution is -0.119. The Labute approximate surface area is 98.5 Å². The minimum Gasteiger partial charge on any atom is -0.399 e. The lowest BCUT2D eigenvalue weighted by Crippen LogP contribution is -2.24. The summed E-state index contributed by atoms with van der Waals surface area (Å²) < 4.78 is 1.49. The van der Waals surface area contributed by atoms with Crippen molar-refractivity contribution in [1.82, 2.24) is 14.8 Å². The van der Waals surface area contributed by atoms with Gasteiger partial charge in [0.1, 0.15) is 18.7 Å². The Morgan fingerprint density at radius 3 is 3.00 bits per heavy atom. The Kier molecular flexibility index (Phi) is 3.04. The van der Waals surface area contributed by atoms with Gasteiger partial charge in [0.05, 0.1) is 0 Å². The van der Waals surface area contributed by atoms with Crippen molar-refractivity contribution in [2.75, 3.05) is 11.1 Å². The van der Waals surface area contributed by atoms with Crippen LogP contribution < -0.4 is 11.1 Å². The van der Waals surface area contributed by atoms with Crippen LogP contribution in [0.25, 0.3) is 0 Å². The van der Waals surface area contributed by atoms with Gasteiger partial charge in [-0.05, 0) is 25.1 Å². The minimum atomic E-state index is -0.418. The summed E-state index contributed by atoms with van der Waals surface area (Å²) >= 11 is 0. The molecule has 0 fully saturated rings. The number of carbonyl (C=O) groups excluding carboxylic acids is 1. The van der Waals surface area contributed by atoms with Gasteiger partial charge in [-0.3, -0.25) is 4.79 Å². The first-order valence-corrected chi connectivity index (χ1v) is 5.17. The fourth-order valence-corrected chi connectivity index (χ4v) is 1.40. The fraction of sp³-hybridized carbons (Fsp3) is 0.182. The molecule has 0 aliphatic heterocycles. The molecule has 88 valence electrons. The average molecular weight is 231 g/mol. The van der Waals surface area contributed by atoms with Crippen molar-refractivity contribution < 1.29 is 4.79 Å². The molecule has 6 heteroatoms. The summed E-state index contributed by atoms with van der Waals surface area (Å²) in [6.45, 7) is 1.75. The zero-order valence-corrected chi connectivity index (χ0v) is 9.37. The third-order valence-electron chi connectivity index (χ3n) is 2.37. The Morgan fingerprint density at radius 1 is 1.53 bits per heavy atom. The monoisotopic (exact) mass is 231 g/mol. The maximum atomic E-state index is 11.9. The van der Waals surface area contributed by atoms with Crippen molar-refractivity contribution in [3.05, 3.63) is 36.9 Å². The molecule has 0 aliphatic carbocycles. The molecule has 2 aromatic rings. The Hall–Kier alpha value is -2.37. The second-order valence-electron chi connectivity index (χ2n) is 3.67. The zero-order valence-electron chi connectivity index (χ0n) is 9.37. The quantitative estimate of drug-likeness (QED) is 0.773. The second kappa shape index (κ2) is 4.65. The van der Waals surface area contributed by atoms with Crippen LogP contribution in [-0.2, 0) is 4.79 Å². The van der Waals surface area contributed by atoms with Gasteiger partial charge in [0.25, 0.3) is 0 Å². The Bertz CT molecular complexity index is 508. The normalized spacial score (nSPS) is 12.1. The Morgan fingerprint density at radius 2 is 2.35 bits per heavy atom. The third-order valence-corrected chi connectivity index (χ3v) is 2.37. The highest BCUT2D eigenvalue weighted by atomic mass is 16.2. The number of rotatable bonds is 3. The predicted octanol–water partition coefficient (Wildman–Crippen LogP) is 1.06. The highest BCUT2D eigenvalue weighted by Gasteiger charge is 2.15. The van der Waals surface area contributed by atoms with E-state index in [0.29, 0.717) is 11.4 Å². The topological polar surface area (TPSA) is 85.8 Å². The summed E-state index contributed by atoms with van der Waals surface area (Å²) in [5.41, 5.74) is 6.90. The number of hydrogen-bond acceptors (Lipinski definition) is 4. The van der Waals surface area contributed by atoms with Gasteiger partial charge in [0.2, 0.25) is 5.91 Å². The minimum absolute atomic E-state index is 0.166. The van der Waals surface area contributed by atoms with E-state index in [2.05, 4.69) is 15.4 Å². The molecule has 3 N–H and O–H groups in total. The molecule has 0 bridgehead atoms. The van der Waals surface area contributed by atoms with Gasteiger partial charge in [-0.15, -0.1) is 0 Å². The van der Waals surface area contributed by atoms with Crippen LogP contribution in [0.2, 0.25) is 0 Å². The fourth-order valence-electron chi connectivity index (χ4n) is 1.40. The van der Waals surface area contributed by atoms with Gasteiger partial charge in [-0.25, -0.2) is 9.67 Å². The van der Waals surface area contributed by atoms with E-state index in [0.717, 1.165) is 0 Å². The third kappa shape index (κ3) is 2.60. The van der Waals surface area contributed by atoms with Crippen molar-refractivity contribution in [2.45, 2.75) is 13.0 Å². The summed E-state index contributed by atoms with van der Waals surface area (Å²) in [5.74, 6) is -0.166. The summed E-state index contributed by atoms with van der Waals surface area (Å²) in [4.78, 5) is 15.7. The number of hydrogen-bond donors (Lipinski definition) is 2. The Balaban J connectivity index is 2.07. The van der Waals surface area contributed by atoms with Crippen LogP contribution in [0.4, 0.5) is 11.4 Å². The number of nitrogens with two attached hydrogens (primary N) is 1. The van der Waals surface area contributed by atoms with Crippen molar-refractivity contribution in [3.8, 4) is 0 Å².